The molecule has 0 bridgehead atoms. The van der Waals surface area contributed by atoms with Gasteiger partial charge in [-0.25, -0.2) is 9.37 Å². The van der Waals surface area contributed by atoms with Crippen molar-refractivity contribution in [2.24, 2.45) is 0 Å². The first-order valence-corrected chi connectivity index (χ1v) is 11.4. The minimum Gasteiger partial charge on any atom is -0.453 e. The molecular weight excluding hydrogens is 445 g/mol. The molecule has 2 aromatic heterocycles. The van der Waals surface area contributed by atoms with Crippen LogP contribution in [0.4, 0.5) is 15.8 Å². The second kappa shape index (κ2) is 9.60. The number of hydrogen-bond donors (Lipinski definition) is 2. The van der Waals surface area contributed by atoms with Crippen molar-refractivity contribution >= 4 is 28.3 Å². The molecule has 35 heavy (non-hydrogen) atoms. The Morgan fingerprint density at radius 3 is 2.66 bits per heavy atom. The van der Waals surface area contributed by atoms with Gasteiger partial charge in [0.2, 0.25) is 5.91 Å². The Kier molecular flexibility index (Phi) is 6.20. The third-order valence-electron chi connectivity index (χ3n) is 6.12. The number of rotatable bonds is 6. The Morgan fingerprint density at radius 2 is 1.91 bits per heavy atom. The number of carbonyl (C=O) groups is 1. The van der Waals surface area contributed by atoms with Crippen molar-refractivity contribution in [3.05, 3.63) is 79.3 Å². The summed E-state index contributed by atoms with van der Waals surface area (Å²) in [5.74, 6) is -0.459. The second-order valence-electron chi connectivity index (χ2n) is 8.54. The van der Waals surface area contributed by atoms with Crippen molar-refractivity contribution in [2.45, 2.75) is 0 Å². The lowest BCUT2D eigenvalue weighted by Crippen LogP contribution is -2.44. The molecule has 0 radical (unpaired) electrons. The summed E-state index contributed by atoms with van der Waals surface area (Å²) in [4.78, 5) is 23.8. The summed E-state index contributed by atoms with van der Waals surface area (Å²) in [6.07, 6.45) is 2.32. The minimum absolute atomic E-state index is 0.0683. The molecular formula is C27H26FN5O2. The number of piperazine rings is 1. The van der Waals surface area contributed by atoms with Gasteiger partial charge in [-0.05, 0) is 49.0 Å². The molecule has 0 aliphatic carbocycles. The molecule has 1 fully saturated rings. The van der Waals surface area contributed by atoms with Gasteiger partial charge in [-0.3, -0.25) is 4.79 Å². The molecule has 1 amide bonds. The number of benzene rings is 2. The monoisotopic (exact) mass is 471 g/mol. The van der Waals surface area contributed by atoms with Crippen LogP contribution in [0.5, 0.6) is 11.5 Å². The smallest absolute Gasteiger partial charge is 0.247 e. The van der Waals surface area contributed by atoms with Gasteiger partial charge in [-0.2, -0.15) is 0 Å². The van der Waals surface area contributed by atoms with Gasteiger partial charge in [0, 0.05) is 49.3 Å². The van der Waals surface area contributed by atoms with Crippen LogP contribution in [0.25, 0.3) is 22.3 Å². The number of hydrogen-bond acceptors (Lipinski definition) is 5. The van der Waals surface area contributed by atoms with E-state index in [0.29, 0.717) is 22.5 Å². The van der Waals surface area contributed by atoms with E-state index in [-0.39, 0.29) is 11.7 Å². The van der Waals surface area contributed by atoms with Crippen LogP contribution in [-0.2, 0) is 4.79 Å². The number of likely N-dealkylation sites (N-methyl/N-ethyl adjacent to an activating group) is 1. The van der Waals surface area contributed by atoms with Crippen molar-refractivity contribution < 1.29 is 13.9 Å². The predicted octanol–water partition coefficient (Wildman–Crippen LogP) is 5.04. The molecule has 0 atom stereocenters. The number of fused-ring (bicyclic) bond motifs is 1. The van der Waals surface area contributed by atoms with E-state index in [4.69, 9.17) is 4.74 Å². The number of nitrogens with zero attached hydrogens (tertiary/aromatic N) is 3. The largest absolute Gasteiger partial charge is 0.453 e. The molecule has 5 rings (SSSR count). The average Bonchev–Trinajstić information content (AvgIpc) is 3.31. The van der Waals surface area contributed by atoms with Crippen molar-refractivity contribution in [1.29, 1.82) is 0 Å². The van der Waals surface area contributed by atoms with E-state index < -0.39 is 5.82 Å². The van der Waals surface area contributed by atoms with Crippen LogP contribution in [-0.4, -0.2) is 54.0 Å². The normalized spacial score (nSPS) is 14.2. The third kappa shape index (κ3) is 4.88. The zero-order chi connectivity index (χ0) is 24.4. The van der Waals surface area contributed by atoms with E-state index in [1.165, 1.54) is 11.8 Å². The number of aromatic nitrogens is 2. The van der Waals surface area contributed by atoms with E-state index in [0.717, 1.165) is 43.6 Å². The van der Waals surface area contributed by atoms with E-state index in [9.17, 15) is 9.18 Å². The van der Waals surface area contributed by atoms with Crippen molar-refractivity contribution in [1.82, 2.24) is 14.9 Å². The zero-order valence-corrected chi connectivity index (χ0v) is 19.4. The topological polar surface area (TPSA) is 73.5 Å². The zero-order valence-electron chi connectivity index (χ0n) is 19.4. The Labute approximate surface area is 202 Å². The van der Waals surface area contributed by atoms with Gasteiger partial charge in [-0.15, -0.1) is 0 Å². The molecule has 7 nitrogen and oxygen atoms in total. The van der Waals surface area contributed by atoms with Gasteiger partial charge >= 0.3 is 0 Å². The molecule has 1 aliphatic rings. The van der Waals surface area contributed by atoms with Crippen LogP contribution in [0.2, 0.25) is 0 Å². The number of halogens is 1. The average molecular weight is 472 g/mol. The molecule has 1 saturated heterocycles. The van der Waals surface area contributed by atoms with E-state index in [1.54, 1.807) is 24.3 Å². The summed E-state index contributed by atoms with van der Waals surface area (Å²) in [6.45, 7) is 7.55. The first-order chi connectivity index (χ1) is 17.0. The Bertz CT molecular complexity index is 1370. The number of pyridine rings is 1. The van der Waals surface area contributed by atoms with Crippen molar-refractivity contribution in [3.8, 4) is 22.8 Å². The van der Waals surface area contributed by atoms with Crippen LogP contribution in [0.3, 0.4) is 0 Å². The lowest BCUT2D eigenvalue weighted by Gasteiger charge is -2.34. The Morgan fingerprint density at radius 1 is 1.14 bits per heavy atom. The molecule has 2 aromatic carbocycles. The minimum atomic E-state index is -0.575. The molecule has 8 heteroatoms. The maximum absolute atomic E-state index is 14.8. The van der Waals surface area contributed by atoms with Gasteiger partial charge in [0.05, 0.1) is 11.6 Å². The summed E-state index contributed by atoms with van der Waals surface area (Å²) < 4.78 is 20.7. The fourth-order valence-electron chi connectivity index (χ4n) is 4.15. The number of nitrogens with one attached hydrogen (secondary N) is 2. The summed E-state index contributed by atoms with van der Waals surface area (Å²) in [5, 5.41) is 3.20. The van der Waals surface area contributed by atoms with Crippen LogP contribution >= 0.6 is 0 Å². The number of ether oxygens (including phenoxy) is 1. The molecule has 2 N–H and O–H groups in total. The van der Waals surface area contributed by atoms with Crippen LogP contribution < -0.4 is 15.0 Å². The second-order valence-corrected chi connectivity index (χ2v) is 8.54. The third-order valence-corrected chi connectivity index (χ3v) is 6.12. The van der Waals surface area contributed by atoms with Gasteiger partial charge in [0.15, 0.2) is 11.6 Å². The number of anilines is 2. The van der Waals surface area contributed by atoms with Crippen LogP contribution in [0.1, 0.15) is 0 Å². The van der Waals surface area contributed by atoms with Crippen LogP contribution in [0.15, 0.2) is 73.4 Å². The molecule has 0 saturated carbocycles. The lowest BCUT2D eigenvalue weighted by molar-refractivity contribution is -0.111. The SMILES string of the molecule is C=CC(=O)Nc1cccc(Oc2c(F)cnc3[nH]c(-c4ccc(N5CCN(C)CC5)cc4)cc23)c1. The molecule has 178 valence electrons. The molecule has 4 aromatic rings. The maximum Gasteiger partial charge on any atom is 0.247 e. The fraction of sp³-hybridized carbons (Fsp3) is 0.185. The maximum atomic E-state index is 14.8. The number of aromatic amines is 1. The van der Waals surface area contributed by atoms with Crippen molar-refractivity contribution in [2.75, 3.05) is 43.4 Å². The summed E-state index contributed by atoms with van der Waals surface area (Å²) >= 11 is 0. The number of amides is 1. The molecule has 1 aliphatic heterocycles. The summed E-state index contributed by atoms with van der Waals surface area (Å²) in [6, 6.07) is 16.9. The molecule has 0 unspecified atom stereocenters. The molecule has 3 heterocycles. The fourth-order valence-corrected chi connectivity index (χ4v) is 4.15. The van der Waals surface area contributed by atoms with Gasteiger partial charge < -0.3 is 24.8 Å². The van der Waals surface area contributed by atoms with Gasteiger partial charge in [-0.1, -0.05) is 24.8 Å². The summed E-state index contributed by atoms with van der Waals surface area (Å²) in [7, 11) is 2.14. The standard InChI is InChI=1S/C27H26FN5O2/c1-3-25(34)30-19-5-4-6-21(15-19)35-26-22-16-24(31-27(22)29-17-23(26)28)18-7-9-20(10-8-18)33-13-11-32(2)12-14-33/h3-10,15-17H,1,11-14H2,2H3,(H,29,31)(H,30,34). The summed E-state index contributed by atoms with van der Waals surface area (Å²) in [5.41, 5.74) is 4.03. The van der Waals surface area contributed by atoms with E-state index in [2.05, 4.69) is 63.0 Å². The van der Waals surface area contributed by atoms with Gasteiger partial charge in [0.1, 0.15) is 11.4 Å². The predicted molar refractivity (Wildman–Crippen MR) is 137 cm³/mol. The quantitative estimate of drug-likeness (QED) is 0.386. The Hall–Kier alpha value is -4.17. The first kappa shape index (κ1) is 22.6. The van der Waals surface area contributed by atoms with Gasteiger partial charge in [0.25, 0.3) is 0 Å². The highest BCUT2D eigenvalue weighted by molar-refractivity contribution is 5.99. The highest BCUT2D eigenvalue weighted by Gasteiger charge is 2.17. The molecule has 0 spiro atoms. The van der Waals surface area contributed by atoms with E-state index >= 15 is 0 Å². The number of carbonyl (C=O) groups excluding carboxylic acids is 1. The Balaban J connectivity index is 1.41. The van der Waals surface area contributed by atoms with Crippen LogP contribution in [0, 0.1) is 5.82 Å². The van der Waals surface area contributed by atoms with E-state index in [1.807, 2.05) is 6.07 Å². The highest BCUT2D eigenvalue weighted by atomic mass is 19.1. The first-order valence-electron chi connectivity index (χ1n) is 11.4. The van der Waals surface area contributed by atoms with Crippen molar-refractivity contribution in [3.63, 3.8) is 0 Å². The lowest BCUT2D eigenvalue weighted by atomic mass is 10.1. The highest BCUT2D eigenvalue weighted by Crippen LogP contribution is 2.35. The number of H-pyrrole nitrogens is 1.